The number of alkyl halides is 6. The second-order valence-electron chi connectivity index (χ2n) is 5.02. The van der Waals surface area contributed by atoms with E-state index in [4.69, 9.17) is 11.6 Å². The van der Waals surface area contributed by atoms with Gasteiger partial charge in [-0.15, -0.1) is 0 Å². The highest BCUT2D eigenvalue weighted by molar-refractivity contribution is 6.34. The number of aromatic nitrogens is 1. The van der Waals surface area contributed by atoms with Gasteiger partial charge < -0.3 is 5.32 Å². The Morgan fingerprint density at radius 3 is 2.04 bits per heavy atom. The van der Waals surface area contributed by atoms with Crippen LogP contribution in [-0.2, 0) is 12.4 Å². The van der Waals surface area contributed by atoms with Crippen LogP contribution in [0.2, 0.25) is 5.02 Å². The Kier molecular flexibility index (Phi) is 5.36. The molecule has 0 atom stereocenters. The Morgan fingerprint density at radius 1 is 1.00 bits per heavy atom. The summed E-state index contributed by atoms with van der Waals surface area (Å²) >= 11 is 5.40. The van der Waals surface area contributed by atoms with Crippen molar-refractivity contribution in [2.45, 2.75) is 12.4 Å². The lowest BCUT2D eigenvalue weighted by Crippen LogP contribution is -2.13. The second-order valence-corrected chi connectivity index (χ2v) is 5.39. The highest BCUT2D eigenvalue weighted by Gasteiger charge is 2.43. The minimum Gasteiger partial charge on any atom is -0.328 e. The molecule has 0 aliphatic carbocycles. The van der Waals surface area contributed by atoms with Crippen molar-refractivity contribution >= 4 is 34.5 Å². The van der Waals surface area contributed by atoms with Crippen LogP contribution in [0.4, 0.5) is 49.2 Å². The first-order chi connectivity index (χ1) is 12.7. The van der Waals surface area contributed by atoms with E-state index in [0.29, 0.717) is 6.07 Å². The van der Waals surface area contributed by atoms with Crippen LogP contribution < -0.4 is 5.32 Å². The molecule has 0 saturated carbocycles. The zero-order valence-electron chi connectivity index (χ0n) is 12.9. The van der Waals surface area contributed by atoms with E-state index < -0.39 is 61.2 Å². The molecular weight excluding hydrogens is 426 g/mol. The second kappa shape index (κ2) is 7.10. The molecule has 1 N–H and O–H groups in total. The largest absolute Gasteiger partial charge is 0.419 e. The molecule has 0 amide bonds. The molecule has 0 radical (unpaired) electrons. The van der Waals surface area contributed by atoms with Gasteiger partial charge in [0.25, 0.3) is 0 Å². The van der Waals surface area contributed by atoms with Crippen LogP contribution in [-0.4, -0.2) is 14.8 Å². The van der Waals surface area contributed by atoms with Crippen molar-refractivity contribution in [3.05, 3.63) is 60.8 Å². The molecule has 8 nitrogen and oxygen atoms in total. The Balaban J connectivity index is 2.83. The van der Waals surface area contributed by atoms with Crippen LogP contribution in [0.1, 0.15) is 11.1 Å². The number of hydrogen-bond donors (Lipinski definition) is 1. The van der Waals surface area contributed by atoms with E-state index in [-0.39, 0.29) is 6.07 Å². The summed E-state index contributed by atoms with van der Waals surface area (Å²) in [4.78, 5) is 22.8. The normalized spacial score (nSPS) is 12.0. The number of hydrogen-bond acceptors (Lipinski definition) is 6. The fourth-order valence-electron chi connectivity index (χ4n) is 2.13. The van der Waals surface area contributed by atoms with Gasteiger partial charge in [0, 0.05) is 12.3 Å². The number of benzene rings is 1. The van der Waals surface area contributed by atoms with E-state index in [1.54, 1.807) is 5.32 Å². The molecule has 28 heavy (non-hydrogen) atoms. The van der Waals surface area contributed by atoms with Crippen molar-refractivity contribution in [2.75, 3.05) is 5.32 Å². The maximum Gasteiger partial charge on any atom is 0.419 e. The molecule has 2 rings (SSSR count). The molecular formula is C13H5ClF6N4O4. The molecule has 150 valence electrons. The Bertz CT molecular complexity index is 963. The highest BCUT2D eigenvalue weighted by atomic mass is 35.5. The first-order valence-corrected chi connectivity index (χ1v) is 7.14. The van der Waals surface area contributed by atoms with Gasteiger partial charge in [-0.3, -0.25) is 20.2 Å². The standard InChI is InChI=1S/C13H5ClF6N4O4/c14-8-6(13(18,19)20)4-7(23(25)26)9(10(8)24(27)28)22-11-5(12(15,16)17)2-1-3-21-11/h1-4H,(H,21,22). The molecule has 1 aromatic heterocycles. The van der Waals surface area contributed by atoms with Crippen molar-refractivity contribution in [3.63, 3.8) is 0 Å². The first-order valence-electron chi connectivity index (χ1n) is 6.76. The van der Waals surface area contributed by atoms with Crippen molar-refractivity contribution in [1.29, 1.82) is 0 Å². The van der Waals surface area contributed by atoms with E-state index in [1.807, 2.05) is 0 Å². The summed E-state index contributed by atoms with van der Waals surface area (Å²) in [6, 6.07) is 1.27. The monoisotopic (exact) mass is 430 g/mol. The minimum absolute atomic E-state index is 0.117. The Hall–Kier alpha value is -3.16. The van der Waals surface area contributed by atoms with Gasteiger partial charge in [-0.1, -0.05) is 11.6 Å². The molecule has 0 aliphatic heterocycles. The van der Waals surface area contributed by atoms with Crippen molar-refractivity contribution in [3.8, 4) is 0 Å². The van der Waals surface area contributed by atoms with Gasteiger partial charge in [-0.2, -0.15) is 26.3 Å². The van der Waals surface area contributed by atoms with E-state index in [9.17, 15) is 46.6 Å². The molecule has 0 unspecified atom stereocenters. The molecule has 0 spiro atoms. The van der Waals surface area contributed by atoms with Gasteiger partial charge in [0.15, 0.2) is 5.69 Å². The summed E-state index contributed by atoms with van der Waals surface area (Å²) in [5, 5.41) is 22.6. The van der Waals surface area contributed by atoms with E-state index in [1.165, 1.54) is 0 Å². The summed E-state index contributed by atoms with van der Waals surface area (Å²) < 4.78 is 78.1. The molecule has 15 heteroatoms. The summed E-state index contributed by atoms with van der Waals surface area (Å²) in [7, 11) is 0. The number of rotatable bonds is 4. The topological polar surface area (TPSA) is 111 Å². The van der Waals surface area contributed by atoms with Gasteiger partial charge in [0.1, 0.15) is 10.8 Å². The third-order valence-corrected chi connectivity index (χ3v) is 3.64. The summed E-state index contributed by atoms with van der Waals surface area (Å²) in [5.41, 5.74) is -7.77. The molecule has 0 aliphatic rings. The summed E-state index contributed by atoms with van der Waals surface area (Å²) in [6.07, 6.45) is -9.48. The number of nitro groups is 2. The van der Waals surface area contributed by atoms with Crippen LogP contribution in [0.25, 0.3) is 0 Å². The predicted octanol–water partition coefficient (Wildman–Crippen LogP) is 5.33. The van der Waals surface area contributed by atoms with E-state index in [2.05, 4.69) is 4.98 Å². The number of nitrogens with one attached hydrogen (secondary N) is 1. The third kappa shape index (κ3) is 4.05. The summed E-state index contributed by atoms with van der Waals surface area (Å²) in [6.45, 7) is 0. The molecule has 0 bridgehead atoms. The highest BCUT2D eigenvalue weighted by Crippen LogP contribution is 2.48. The van der Waals surface area contributed by atoms with Crippen LogP contribution in [0.3, 0.4) is 0 Å². The quantitative estimate of drug-likeness (QED) is 0.398. The van der Waals surface area contributed by atoms with Crippen LogP contribution in [0, 0.1) is 20.2 Å². The fraction of sp³-hybridized carbons (Fsp3) is 0.154. The lowest BCUT2D eigenvalue weighted by Gasteiger charge is -2.15. The van der Waals surface area contributed by atoms with Crippen LogP contribution in [0.5, 0.6) is 0 Å². The number of pyridine rings is 1. The van der Waals surface area contributed by atoms with Crippen LogP contribution >= 0.6 is 11.6 Å². The molecule has 1 aromatic carbocycles. The van der Waals surface area contributed by atoms with Crippen LogP contribution in [0.15, 0.2) is 24.4 Å². The average molecular weight is 431 g/mol. The van der Waals surface area contributed by atoms with Crippen molar-refractivity contribution in [1.82, 2.24) is 4.98 Å². The van der Waals surface area contributed by atoms with Gasteiger partial charge in [0.05, 0.1) is 21.0 Å². The molecule has 1 heterocycles. The number of nitrogens with zero attached hydrogens (tertiary/aromatic N) is 3. The minimum atomic E-state index is -5.30. The zero-order valence-corrected chi connectivity index (χ0v) is 13.7. The maximum atomic E-state index is 13.0. The van der Waals surface area contributed by atoms with Gasteiger partial charge in [-0.25, -0.2) is 4.98 Å². The fourth-order valence-corrected chi connectivity index (χ4v) is 2.45. The molecule has 2 aromatic rings. The van der Waals surface area contributed by atoms with Gasteiger partial charge in [-0.05, 0) is 12.1 Å². The SMILES string of the molecule is O=[N+]([O-])c1cc(C(F)(F)F)c(Cl)c([N+](=O)[O-])c1Nc1ncccc1C(F)(F)F. The average Bonchev–Trinajstić information content (AvgIpc) is 2.52. The number of halogens is 7. The number of anilines is 2. The van der Waals surface area contributed by atoms with Crippen molar-refractivity contribution < 1.29 is 36.2 Å². The van der Waals surface area contributed by atoms with E-state index >= 15 is 0 Å². The van der Waals surface area contributed by atoms with E-state index in [0.717, 1.165) is 12.3 Å². The Labute approximate surface area is 155 Å². The lowest BCUT2D eigenvalue weighted by atomic mass is 10.1. The summed E-state index contributed by atoms with van der Waals surface area (Å²) in [5.74, 6) is -1.10. The van der Waals surface area contributed by atoms with Gasteiger partial charge in [0.2, 0.25) is 0 Å². The maximum absolute atomic E-state index is 13.0. The third-order valence-electron chi connectivity index (χ3n) is 3.26. The van der Waals surface area contributed by atoms with Crippen molar-refractivity contribution in [2.24, 2.45) is 0 Å². The number of nitro benzene ring substituents is 2. The molecule has 0 saturated heterocycles. The zero-order chi connectivity index (χ0) is 21.4. The molecule has 0 fully saturated rings. The smallest absolute Gasteiger partial charge is 0.328 e. The Morgan fingerprint density at radius 2 is 1.57 bits per heavy atom. The first kappa shape index (κ1) is 21.1. The lowest BCUT2D eigenvalue weighted by molar-refractivity contribution is -0.392. The predicted molar refractivity (Wildman–Crippen MR) is 82.3 cm³/mol. The van der Waals surface area contributed by atoms with Gasteiger partial charge >= 0.3 is 23.7 Å².